The van der Waals surface area contributed by atoms with E-state index in [0.29, 0.717) is 37.6 Å². The monoisotopic (exact) mass is 352 g/mol. The molecule has 0 atom stereocenters. The van der Waals surface area contributed by atoms with Gasteiger partial charge in [-0.25, -0.2) is 12.7 Å². The summed E-state index contributed by atoms with van der Waals surface area (Å²) >= 11 is 0. The van der Waals surface area contributed by atoms with Gasteiger partial charge in [-0.3, -0.25) is 4.98 Å². The van der Waals surface area contributed by atoms with Crippen molar-refractivity contribution >= 4 is 10.0 Å². The Morgan fingerprint density at radius 3 is 2.67 bits per heavy atom. The number of pyridine rings is 1. The minimum absolute atomic E-state index is 0.00424. The zero-order valence-electron chi connectivity index (χ0n) is 13.5. The number of hydrogen-bond donors (Lipinski definition) is 0. The van der Waals surface area contributed by atoms with Crippen LogP contribution >= 0.6 is 0 Å². The van der Waals surface area contributed by atoms with E-state index in [2.05, 4.69) is 15.1 Å². The van der Waals surface area contributed by atoms with Crippen LogP contribution in [0.5, 0.6) is 0 Å². The predicted molar refractivity (Wildman–Crippen MR) is 86.4 cm³/mol. The van der Waals surface area contributed by atoms with Gasteiger partial charge in [0.15, 0.2) is 0 Å². The number of hydrogen-bond acceptors (Lipinski definition) is 7. The van der Waals surface area contributed by atoms with Crippen LogP contribution in [0.4, 0.5) is 0 Å². The third kappa shape index (κ3) is 3.97. The fourth-order valence-corrected chi connectivity index (χ4v) is 3.71. The van der Waals surface area contributed by atoms with E-state index in [1.807, 2.05) is 0 Å². The van der Waals surface area contributed by atoms with Crippen molar-refractivity contribution < 1.29 is 17.7 Å². The maximum atomic E-state index is 11.8. The Hall–Kier alpha value is -1.84. The standard InChI is InChI=1S/C15H20N4O4S/c1-2-24(20,21)19-9-5-13(6-10-19)22-11-14-17-15(18-23-14)12-3-7-16-8-4-12/h3-4,7-8,13H,2,5-6,9-11H2,1H3. The number of piperidine rings is 1. The summed E-state index contributed by atoms with van der Waals surface area (Å²) in [4.78, 5) is 8.24. The van der Waals surface area contributed by atoms with Crippen LogP contribution < -0.4 is 0 Å². The fourth-order valence-electron chi connectivity index (χ4n) is 2.58. The van der Waals surface area contributed by atoms with Crippen LogP contribution in [0.1, 0.15) is 25.7 Å². The fraction of sp³-hybridized carbons (Fsp3) is 0.533. The molecule has 3 heterocycles. The third-order valence-electron chi connectivity index (χ3n) is 4.01. The van der Waals surface area contributed by atoms with E-state index < -0.39 is 10.0 Å². The molecule has 0 saturated carbocycles. The third-order valence-corrected chi connectivity index (χ3v) is 5.89. The van der Waals surface area contributed by atoms with Crippen LogP contribution in [0.15, 0.2) is 29.0 Å². The average molecular weight is 352 g/mol. The molecule has 1 fully saturated rings. The lowest BCUT2D eigenvalue weighted by Crippen LogP contribution is -2.41. The second-order valence-corrected chi connectivity index (χ2v) is 7.82. The number of nitrogens with zero attached hydrogens (tertiary/aromatic N) is 4. The molecule has 1 aliphatic rings. The Morgan fingerprint density at radius 2 is 2.00 bits per heavy atom. The molecule has 24 heavy (non-hydrogen) atoms. The lowest BCUT2D eigenvalue weighted by Gasteiger charge is -2.30. The summed E-state index contributed by atoms with van der Waals surface area (Å²) in [6.07, 6.45) is 4.68. The highest BCUT2D eigenvalue weighted by Gasteiger charge is 2.27. The molecule has 0 aliphatic carbocycles. The van der Waals surface area contributed by atoms with Gasteiger partial charge in [0, 0.05) is 31.0 Å². The number of ether oxygens (including phenoxy) is 1. The quantitative estimate of drug-likeness (QED) is 0.776. The summed E-state index contributed by atoms with van der Waals surface area (Å²) in [5, 5.41) is 3.92. The molecule has 0 bridgehead atoms. The largest absolute Gasteiger partial charge is 0.368 e. The molecule has 0 amide bonds. The normalized spacial score (nSPS) is 17.2. The van der Waals surface area contributed by atoms with Crippen molar-refractivity contribution in [1.29, 1.82) is 0 Å². The second kappa shape index (κ2) is 7.37. The van der Waals surface area contributed by atoms with E-state index in [1.54, 1.807) is 31.5 Å². The topological polar surface area (TPSA) is 98.4 Å². The molecule has 0 spiro atoms. The molecule has 0 N–H and O–H groups in total. The van der Waals surface area contributed by atoms with E-state index in [-0.39, 0.29) is 18.5 Å². The van der Waals surface area contributed by atoms with Gasteiger partial charge in [0.2, 0.25) is 15.8 Å². The SMILES string of the molecule is CCS(=O)(=O)N1CCC(OCc2nc(-c3ccncc3)no2)CC1. The van der Waals surface area contributed by atoms with E-state index in [4.69, 9.17) is 9.26 Å². The molecular formula is C15H20N4O4S. The Kier molecular flexibility index (Phi) is 5.22. The van der Waals surface area contributed by atoms with E-state index >= 15 is 0 Å². The Labute approximate surface area is 140 Å². The van der Waals surface area contributed by atoms with Crippen molar-refractivity contribution in [3.05, 3.63) is 30.4 Å². The molecule has 0 radical (unpaired) electrons. The van der Waals surface area contributed by atoms with Gasteiger partial charge in [-0.05, 0) is 31.9 Å². The van der Waals surface area contributed by atoms with Gasteiger partial charge in [0.25, 0.3) is 5.89 Å². The van der Waals surface area contributed by atoms with Crippen molar-refractivity contribution in [1.82, 2.24) is 19.4 Å². The van der Waals surface area contributed by atoms with Gasteiger partial charge in [-0.1, -0.05) is 5.16 Å². The first-order valence-corrected chi connectivity index (χ1v) is 9.52. The highest BCUT2D eigenvalue weighted by atomic mass is 32.2. The zero-order valence-corrected chi connectivity index (χ0v) is 14.3. The predicted octanol–water partition coefficient (Wildman–Crippen LogP) is 1.46. The first-order chi connectivity index (χ1) is 11.6. The van der Waals surface area contributed by atoms with Crippen molar-refractivity contribution in [2.24, 2.45) is 0 Å². The molecule has 1 aliphatic heterocycles. The minimum atomic E-state index is -3.11. The summed E-state index contributed by atoms with van der Waals surface area (Å²) in [6.45, 7) is 2.87. The molecule has 1 saturated heterocycles. The van der Waals surface area contributed by atoms with Crippen molar-refractivity contribution in [3.8, 4) is 11.4 Å². The van der Waals surface area contributed by atoms with Crippen molar-refractivity contribution in [2.45, 2.75) is 32.5 Å². The second-order valence-electron chi connectivity index (χ2n) is 5.56. The van der Waals surface area contributed by atoms with Gasteiger partial charge in [-0.15, -0.1) is 0 Å². The maximum Gasteiger partial charge on any atom is 0.252 e. The molecule has 3 rings (SSSR count). The molecule has 9 heteroatoms. The lowest BCUT2D eigenvalue weighted by atomic mass is 10.1. The number of sulfonamides is 1. The Balaban J connectivity index is 1.50. The van der Waals surface area contributed by atoms with Gasteiger partial charge in [-0.2, -0.15) is 4.98 Å². The van der Waals surface area contributed by atoms with E-state index in [0.717, 1.165) is 5.56 Å². The first kappa shape index (κ1) is 17.0. The van der Waals surface area contributed by atoms with Crippen molar-refractivity contribution in [2.75, 3.05) is 18.8 Å². The van der Waals surface area contributed by atoms with Crippen LogP contribution in [-0.4, -0.2) is 52.8 Å². The summed E-state index contributed by atoms with van der Waals surface area (Å²) in [7, 11) is -3.11. The molecule has 0 unspecified atom stereocenters. The molecule has 0 aromatic carbocycles. The summed E-state index contributed by atoms with van der Waals surface area (Å²) in [6, 6.07) is 3.61. The first-order valence-electron chi connectivity index (χ1n) is 7.91. The van der Waals surface area contributed by atoms with Crippen LogP contribution in [0.2, 0.25) is 0 Å². The van der Waals surface area contributed by atoms with E-state index in [9.17, 15) is 8.42 Å². The molecule has 130 valence electrons. The van der Waals surface area contributed by atoms with Gasteiger partial charge < -0.3 is 9.26 Å². The molecule has 8 nitrogen and oxygen atoms in total. The number of aromatic nitrogens is 3. The molecule has 2 aromatic rings. The Bertz CT molecular complexity index is 755. The minimum Gasteiger partial charge on any atom is -0.368 e. The highest BCUT2D eigenvalue weighted by molar-refractivity contribution is 7.89. The lowest BCUT2D eigenvalue weighted by molar-refractivity contribution is -0.00117. The van der Waals surface area contributed by atoms with Crippen LogP contribution in [-0.2, 0) is 21.4 Å². The highest BCUT2D eigenvalue weighted by Crippen LogP contribution is 2.19. The summed E-state index contributed by atoms with van der Waals surface area (Å²) < 4.78 is 36.2. The van der Waals surface area contributed by atoms with Gasteiger partial charge in [0.1, 0.15) is 6.61 Å². The maximum absolute atomic E-state index is 11.8. The van der Waals surface area contributed by atoms with Crippen LogP contribution in [0.3, 0.4) is 0 Å². The number of rotatable bonds is 6. The zero-order chi connectivity index (χ0) is 17.0. The molecule has 2 aromatic heterocycles. The average Bonchev–Trinajstić information content (AvgIpc) is 3.10. The van der Waals surface area contributed by atoms with Crippen LogP contribution in [0, 0.1) is 0 Å². The molecular weight excluding hydrogens is 332 g/mol. The summed E-state index contributed by atoms with van der Waals surface area (Å²) in [5.74, 6) is 1.04. The van der Waals surface area contributed by atoms with Gasteiger partial charge >= 0.3 is 0 Å². The summed E-state index contributed by atoms with van der Waals surface area (Å²) in [5.41, 5.74) is 0.832. The Morgan fingerprint density at radius 1 is 1.29 bits per heavy atom. The van der Waals surface area contributed by atoms with Gasteiger partial charge in [0.05, 0.1) is 11.9 Å². The van der Waals surface area contributed by atoms with E-state index in [1.165, 1.54) is 4.31 Å². The smallest absolute Gasteiger partial charge is 0.252 e. The van der Waals surface area contributed by atoms with Crippen LogP contribution in [0.25, 0.3) is 11.4 Å². The van der Waals surface area contributed by atoms with Crippen molar-refractivity contribution in [3.63, 3.8) is 0 Å².